The number of anilines is 1. The first-order chi connectivity index (χ1) is 14.2. The molecule has 1 fully saturated rings. The summed E-state index contributed by atoms with van der Waals surface area (Å²) in [5, 5.41) is 14.1. The lowest BCUT2D eigenvalue weighted by atomic mass is 9.95. The van der Waals surface area contributed by atoms with E-state index in [4.69, 9.17) is 0 Å². The molecule has 3 aromatic heterocycles. The summed E-state index contributed by atoms with van der Waals surface area (Å²) in [5.74, 6) is 2.49. The van der Waals surface area contributed by atoms with Crippen LogP contribution in [0.3, 0.4) is 0 Å². The number of aromatic nitrogens is 7. The maximum atomic E-state index is 4.60. The third-order valence-electron chi connectivity index (χ3n) is 5.66. The monoisotopic (exact) mass is 388 g/mol. The fraction of sp³-hybridized carbons (Fsp3) is 0.381. The van der Waals surface area contributed by atoms with Crippen LogP contribution in [0.4, 0.5) is 5.82 Å². The number of rotatable bonds is 4. The summed E-state index contributed by atoms with van der Waals surface area (Å²) in [7, 11) is 0. The molecule has 148 valence electrons. The lowest BCUT2D eigenvalue weighted by Crippen LogP contribution is -2.34. The van der Waals surface area contributed by atoms with Gasteiger partial charge in [-0.1, -0.05) is 18.2 Å². The van der Waals surface area contributed by atoms with Crippen LogP contribution in [-0.2, 0) is 0 Å². The molecule has 0 radical (unpaired) electrons. The highest BCUT2D eigenvalue weighted by Crippen LogP contribution is 2.32. The van der Waals surface area contributed by atoms with Crippen molar-refractivity contribution in [3.05, 3.63) is 55.0 Å². The molecule has 8 nitrogen and oxygen atoms in total. The fourth-order valence-corrected chi connectivity index (χ4v) is 4.13. The van der Waals surface area contributed by atoms with Crippen LogP contribution in [0.1, 0.15) is 44.5 Å². The first kappa shape index (κ1) is 17.8. The summed E-state index contributed by atoms with van der Waals surface area (Å²) >= 11 is 0. The van der Waals surface area contributed by atoms with E-state index in [0.29, 0.717) is 12.0 Å². The van der Waals surface area contributed by atoms with Crippen LogP contribution in [0.15, 0.2) is 49.2 Å². The lowest BCUT2D eigenvalue weighted by molar-refractivity contribution is 0.448. The molecule has 29 heavy (non-hydrogen) atoms. The van der Waals surface area contributed by atoms with Crippen LogP contribution >= 0.6 is 0 Å². The number of fused-ring (bicyclic) bond motifs is 1. The minimum Gasteiger partial charge on any atom is -0.356 e. The molecule has 8 heteroatoms. The Morgan fingerprint density at radius 2 is 1.83 bits per heavy atom. The van der Waals surface area contributed by atoms with Gasteiger partial charge in [0.05, 0.1) is 17.3 Å². The van der Waals surface area contributed by atoms with Crippen LogP contribution in [0.2, 0.25) is 0 Å². The van der Waals surface area contributed by atoms with E-state index in [-0.39, 0.29) is 0 Å². The number of nitrogens with zero attached hydrogens (tertiary/aromatic N) is 8. The second-order valence-corrected chi connectivity index (χ2v) is 7.78. The van der Waals surface area contributed by atoms with Gasteiger partial charge in [-0.05, 0) is 38.8 Å². The number of para-hydroxylation sites is 1. The van der Waals surface area contributed by atoms with Crippen molar-refractivity contribution in [1.29, 1.82) is 0 Å². The Kier molecular flexibility index (Phi) is 4.46. The van der Waals surface area contributed by atoms with Crippen molar-refractivity contribution < 1.29 is 0 Å². The highest BCUT2D eigenvalue weighted by Gasteiger charge is 2.27. The van der Waals surface area contributed by atoms with Crippen LogP contribution in [-0.4, -0.2) is 47.6 Å². The minimum atomic E-state index is 0.378. The molecule has 0 unspecified atom stereocenters. The number of hydrogen-bond donors (Lipinski definition) is 0. The first-order valence-electron chi connectivity index (χ1n) is 10.1. The van der Waals surface area contributed by atoms with Crippen molar-refractivity contribution in [2.24, 2.45) is 0 Å². The summed E-state index contributed by atoms with van der Waals surface area (Å²) in [4.78, 5) is 11.4. The number of benzene rings is 1. The second-order valence-electron chi connectivity index (χ2n) is 7.78. The van der Waals surface area contributed by atoms with Crippen molar-refractivity contribution in [2.75, 3.05) is 18.0 Å². The molecular formula is C21H24N8. The summed E-state index contributed by atoms with van der Waals surface area (Å²) < 4.78 is 4.06. The molecule has 4 aromatic rings. The van der Waals surface area contributed by atoms with E-state index in [0.717, 1.165) is 54.3 Å². The molecule has 1 aromatic carbocycles. The van der Waals surface area contributed by atoms with Gasteiger partial charge < -0.3 is 9.47 Å². The van der Waals surface area contributed by atoms with Crippen LogP contribution in [0, 0.1) is 0 Å². The Morgan fingerprint density at radius 3 is 2.59 bits per heavy atom. The molecule has 4 heterocycles. The third kappa shape index (κ3) is 3.14. The summed E-state index contributed by atoms with van der Waals surface area (Å²) in [6.45, 7) is 6.20. The van der Waals surface area contributed by atoms with E-state index >= 15 is 0 Å². The van der Waals surface area contributed by atoms with Gasteiger partial charge in [-0.15, -0.1) is 10.2 Å². The van der Waals surface area contributed by atoms with Crippen molar-refractivity contribution in [3.8, 4) is 5.69 Å². The first-order valence-corrected chi connectivity index (χ1v) is 10.1. The SMILES string of the molecule is CC(C)n1cnnc1C1CCN(c2ncnc3c2cnn3-c2ccccc2)CC1. The largest absolute Gasteiger partial charge is 0.356 e. The minimum absolute atomic E-state index is 0.378. The van der Waals surface area contributed by atoms with Gasteiger partial charge in [0.25, 0.3) is 0 Å². The Morgan fingerprint density at radius 1 is 1.03 bits per heavy atom. The van der Waals surface area contributed by atoms with E-state index in [1.807, 2.05) is 47.5 Å². The quantitative estimate of drug-likeness (QED) is 0.533. The van der Waals surface area contributed by atoms with Crippen molar-refractivity contribution in [1.82, 2.24) is 34.5 Å². The topological polar surface area (TPSA) is 77.6 Å². The standard InChI is InChI=1S/C21H24N8/c1-15(2)28-14-24-26-19(28)16-8-10-27(11-9-16)20-18-12-25-29(21(18)23-13-22-20)17-6-4-3-5-7-17/h3-7,12-16H,8-11H2,1-2H3. The highest BCUT2D eigenvalue weighted by atomic mass is 15.3. The average Bonchev–Trinajstić information content (AvgIpc) is 3.42. The Balaban J connectivity index is 1.40. The lowest BCUT2D eigenvalue weighted by Gasteiger charge is -2.32. The number of piperidine rings is 1. The predicted octanol–water partition coefficient (Wildman–Crippen LogP) is 3.37. The fourth-order valence-electron chi connectivity index (χ4n) is 4.13. The van der Waals surface area contributed by atoms with Crippen LogP contribution in [0.5, 0.6) is 0 Å². The molecule has 5 rings (SSSR count). The molecular weight excluding hydrogens is 364 g/mol. The summed E-state index contributed by atoms with van der Waals surface area (Å²) in [5.41, 5.74) is 1.83. The van der Waals surface area contributed by atoms with Gasteiger partial charge in [0.1, 0.15) is 24.3 Å². The van der Waals surface area contributed by atoms with Gasteiger partial charge in [0, 0.05) is 25.0 Å². The second kappa shape index (κ2) is 7.27. The Hall–Kier alpha value is -3.29. The molecule has 0 bridgehead atoms. The van der Waals surface area contributed by atoms with Gasteiger partial charge in [0.2, 0.25) is 0 Å². The van der Waals surface area contributed by atoms with Gasteiger partial charge in [0.15, 0.2) is 5.65 Å². The Bertz CT molecular complexity index is 1110. The van der Waals surface area contributed by atoms with Crippen LogP contribution in [0.25, 0.3) is 16.7 Å². The van der Waals surface area contributed by atoms with E-state index in [1.165, 1.54) is 0 Å². The predicted molar refractivity (Wildman–Crippen MR) is 111 cm³/mol. The van der Waals surface area contributed by atoms with E-state index in [2.05, 4.69) is 48.6 Å². The van der Waals surface area contributed by atoms with E-state index < -0.39 is 0 Å². The van der Waals surface area contributed by atoms with Gasteiger partial charge >= 0.3 is 0 Å². The zero-order valence-corrected chi connectivity index (χ0v) is 16.7. The number of hydrogen-bond acceptors (Lipinski definition) is 6. The van der Waals surface area contributed by atoms with Gasteiger partial charge in [-0.25, -0.2) is 14.6 Å². The zero-order valence-electron chi connectivity index (χ0n) is 16.7. The molecule has 0 atom stereocenters. The molecule has 1 saturated heterocycles. The van der Waals surface area contributed by atoms with Gasteiger partial charge in [-0.3, -0.25) is 0 Å². The van der Waals surface area contributed by atoms with Crippen molar-refractivity contribution >= 4 is 16.9 Å². The summed E-state index contributed by atoms with van der Waals surface area (Å²) in [6, 6.07) is 10.5. The molecule has 0 spiro atoms. The smallest absolute Gasteiger partial charge is 0.168 e. The molecule has 1 aliphatic heterocycles. The molecule has 1 aliphatic rings. The van der Waals surface area contributed by atoms with E-state index in [9.17, 15) is 0 Å². The molecule has 0 amide bonds. The van der Waals surface area contributed by atoms with Crippen molar-refractivity contribution in [2.45, 2.75) is 38.6 Å². The Labute approximate surface area is 169 Å². The zero-order chi connectivity index (χ0) is 19.8. The maximum Gasteiger partial charge on any atom is 0.168 e. The van der Waals surface area contributed by atoms with Crippen molar-refractivity contribution in [3.63, 3.8) is 0 Å². The molecule has 0 aliphatic carbocycles. The normalized spacial score (nSPS) is 15.5. The highest BCUT2D eigenvalue weighted by molar-refractivity contribution is 5.87. The molecule has 0 N–H and O–H groups in total. The third-order valence-corrected chi connectivity index (χ3v) is 5.66. The molecule has 0 saturated carbocycles. The van der Waals surface area contributed by atoms with Gasteiger partial charge in [-0.2, -0.15) is 5.10 Å². The summed E-state index contributed by atoms with van der Waals surface area (Å²) in [6.07, 6.45) is 7.42. The van der Waals surface area contributed by atoms with Crippen LogP contribution < -0.4 is 4.90 Å². The van der Waals surface area contributed by atoms with E-state index in [1.54, 1.807) is 6.33 Å². The maximum absolute atomic E-state index is 4.60. The average molecular weight is 388 g/mol.